The summed E-state index contributed by atoms with van der Waals surface area (Å²) in [6.07, 6.45) is 2.09. The van der Waals surface area contributed by atoms with Gasteiger partial charge in [-0.1, -0.05) is 61.9 Å². The summed E-state index contributed by atoms with van der Waals surface area (Å²) in [4.78, 5) is 36.4. The van der Waals surface area contributed by atoms with Gasteiger partial charge in [-0.05, 0) is 41.5 Å². The summed E-state index contributed by atoms with van der Waals surface area (Å²) < 4.78 is 5.58. The lowest BCUT2D eigenvalue weighted by atomic mass is 9.68. The van der Waals surface area contributed by atoms with Crippen LogP contribution in [0.25, 0.3) is 11.1 Å². The lowest BCUT2D eigenvalue weighted by Gasteiger charge is -2.41. The number of ether oxygens (including phenoxy) is 1. The Morgan fingerprint density at radius 1 is 1.06 bits per heavy atom. The second-order valence-electron chi connectivity index (χ2n) is 8.99. The highest BCUT2D eigenvalue weighted by molar-refractivity contribution is 5.85. The van der Waals surface area contributed by atoms with Crippen molar-refractivity contribution in [1.29, 1.82) is 0 Å². The van der Waals surface area contributed by atoms with Gasteiger partial charge in [0.2, 0.25) is 5.91 Å². The van der Waals surface area contributed by atoms with E-state index in [2.05, 4.69) is 34.9 Å². The van der Waals surface area contributed by atoms with E-state index < -0.39 is 23.5 Å². The largest absolute Gasteiger partial charge is 0.481 e. The zero-order valence-electron chi connectivity index (χ0n) is 18.8. The first-order valence-corrected chi connectivity index (χ1v) is 11.5. The van der Waals surface area contributed by atoms with Gasteiger partial charge in [0.1, 0.15) is 6.61 Å². The van der Waals surface area contributed by atoms with Crippen LogP contribution in [-0.2, 0) is 14.3 Å². The zero-order chi connectivity index (χ0) is 23.4. The van der Waals surface area contributed by atoms with Crippen molar-refractivity contribution in [3.8, 4) is 11.1 Å². The van der Waals surface area contributed by atoms with Crippen molar-refractivity contribution in [3.05, 3.63) is 59.7 Å². The molecule has 4 rings (SSSR count). The molecule has 2 aromatic rings. The molecule has 3 N–H and O–H groups in total. The van der Waals surface area contributed by atoms with Crippen LogP contribution in [0.15, 0.2) is 48.5 Å². The normalized spacial score (nSPS) is 16.6. The number of carbonyl (C=O) groups is 3. The topological polar surface area (TPSA) is 105 Å². The van der Waals surface area contributed by atoms with Gasteiger partial charge in [-0.25, -0.2) is 4.79 Å². The Bertz CT molecular complexity index is 1000. The fourth-order valence-electron chi connectivity index (χ4n) is 4.83. The second kappa shape index (κ2) is 9.65. The summed E-state index contributed by atoms with van der Waals surface area (Å²) in [7, 11) is 0. The number of hydrogen-bond donors (Lipinski definition) is 3. The van der Waals surface area contributed by atoms with Crippen LogP contribution in [0.5, 0.6) is 0 Å². The Balaban J connectivity index is 1.34. The summed E-state index contributed by atoms with van der Waals surface area (Å²) in [6, 6.07) is 15.9. The fourth-order valence-corrected chi connectivity index (χ4v) is 4.83. The summed E-state index contributed by atoms with van der Waals surface area (Å²) in [5, 5.41) is 14.6. The predicted molar refractivity (Wildman–Crippen MR) is 124 cm³/mol. The predicted octanol–water partition coefficient (Wildman–Crippen LogP) is 4.06. The third-order valence-electron chi connectivity index (χ3n) is 6.96. The number of rotatable bonds is 9. The highest BCUT2D eigenvalue weighted by Crippen LogP contribution is 2.44. The number of carboxylic acid groups (broad SMARTS) is 1. The maximum Gasteiger partial charge on any atom is 0.407 e. The molecule has 0 aromatic heterocycles. The van der Waals surface area contributed by atoms with Gasteiger partial charge in [0, 0.05) is 18.5 Å². The smallest absolute Gasteiger partial charge is 0.407 e. The Labute approximate surface area is 193 Å². The van der Waals surface area contributed by atoms with Gasteiger partial charge in [-0.2, -0.15) is 0 Å². The van der Waals surface area contributed by atoms with E-state index in [0.29, 0.717) is 19.3 Å². The molecular formula is C26H30N2O5. The van der Waals surface area contributed by atoms with Gasteiger partial charge in [0.25, 0.3) is 0 Å². The third kappa shape index (κ3) is 4.72. The maximum absolute atomic E-state index is 12.9. The lowest BCUT2D eigenvalue weighted by Crippen LogP contribution is -2.54. The number of amides is 2. The molecule has 0 unspecified atom stereocenters. The minimum Gasteiger partial charge on any atom is -0.481 e. The molecule has 0 aliphatic heterocycles. The van der Waals surface area contributed by atoms with E-state index in [1.54, 1.807) is 0 Å². The van der Waals surface area contributed by atoms with Gasteiger partial charge in [-0.3, -0.25) is 9.59 Å². The van der Waals surface area contributed by atoms with Crippen molar-refractivity contribution >= 4 is 18.0 Å². The number of alkyl carbamates (subject to hydrolysis) is 1. The minimum absolute atomic E-state index is 0.0227. The van der Waals surface area contributed by atoms with Crippen LogP contribution in [0.2, 0.25) is 0 Å². The van der Waals surface area contributed by atoms with Crippen molar-refractivity contribution in [3.63, 3.8) is 0 Å². The number of benzene rings is 2. The first kappa shape index (κ1) is 22.8. The fraction of sp³-hybridized carbons (Fsp3) is 0.423. The number of nitrogens with one attached hydrogen (secondary N) is 2. The minimum atomic E-state index is -0.943. The van der Waals surface area contributed by atoms with E-state index in [4.69, 9.17) is 9.84 Å². The molecule has 1 fully saturated rings. The van der Waals surface area contributed by atoms with E-state index in [0.717, 1.165) is 17.5 Å². The zero-order valence-corrected chi connectivity index (χ0v) is 18.8. The quantitative estimate of drug-likeness (QED) is 0.534. The Morgan fingerprint density at radius 3 is 2.18 bits per heavy atom. The number of fused-ring (bicyclic) bond motifs is 3. The highest BCUT2D eigenvalue weighted by Gasteiger charge is 2.45. The van der Waals surface area contributed by atoms with Crippen molar-refractivity contribution in [2.24, 2.45) is 5.41 Å². The standard InChI is InChI=1S/C26H30N2O5/c1-2-17(14-23(29)30)28-24(31)26(12-7-13-26)16-27-25(32)33-15-22-20-10-5-3-8-18(20)19-9-4-6-11-21(19)22/h3-6,8-11,17,22H,2,7,12-16H2,1H3,(H,27,32)(H,28,31)(H,29,30)/t17-/m0/s1. The van der Waals surface area contributed by atoms with Crippen LogP contribution in [-0.4, -0.2) is 42.3 Å². The second-order valence-corrected chi connectivity index (χ2v) is 8.99. The first-order valence-electron chi connectivity index (χ1n) is 11.5. The van der Waals surface area contributed by atoms with Gasteiger partial charge < -0.3 is 20.5 Å². The van der Waals surface area contributed by atoms with Gasteiger partial charge in [-0.15, -0.1) is 0 Å². The molecule has 2 aromatic carbocycles. The Hall–Kier alpha value is -3.35. The van der Waals surface area contributed by atoms with Crippen LogP contribution in [0, 0.1) is 5.41 Å². The summed E-state index contributed by atoms with van der Waals surface area (Å²) in [6.45, 7) is 2.24. The molecule has 7 heteroatoms. The SMILES string of the molecule is CC[C@@H](CC(=O)O)NC(=O)C1(CNC(=O)OCC2c3ccccc3-c3ccccc32)CCC1. The van der Waals surface area contributed by atoms with Crippen LogP contribution in [0.1, 0.15) is 56.1 Å². The average molecular weight is 451 g/mol. The average Bonchev–Trinajstić information content (AvgIpc) is 3.10. The Kier molecular flexibility index (Phi) is 6.67. The molecule has 1 atom stereocenters. The summed E-state index contributed by atoms with van der Waals surface area (Å²) in [5.41, 5.74) is 3.92. The monoisotopic (exact) mass is 450 g/mol. The van der Waals surface area contributed by atoms with Crippen LogP contribution in [0.4, 0.5) is 4.79 Å². The molecular weight excluding hydrogens is 420 g/mol. The third-order valence-corrected chi connectivity index (χ3v) is 6.96. The van der Waals surface area contributed by atoms with E-state index in [9.17, 15) is 14.4 Å². The molecule has 0 bridgehead atoms. The number of hydrogen-bond acceptors (Lipinski definition) is 4. The molecule has 0 heterocycles. The number of carbonyl (C=O) groups excluding carboxylic acids is 2. The molecule has 0 spiro atoms. The highest BCUT2D eigenvalue weighted by atomic mass is 16.5. The first-order chi connectivity index (χ1) is 15.9. The maximum atomic E-state index is 12.9. The molecule has 7 nitrogen and oxygen atoms in total. The van der Waals surface area contributed by atoms with Gasteiger partial charge in [0.15, 0.2) is 0 Å². The van der Waals surface area contributed by atoms with E-state index in [1.807, 2.05) is 31.2 Å². The molecule has 1 saturated carbocycles. The van der Waals surface area contributed by atoms with E-state index >= 15 is 0 Å². The summed E-state index contributed by atoms with van der Waals surface area (Å²) in [5.74, 6) is -1.16. The number of aliphatic carboxylic acids is 1. The molecule has 0 radical (unpaired) electrons. The van der Waals surface area contributed by atoms with Crippen molar-refractivity contribution in [2.75, 3.05) is 13.2 Å². The van der Waals surface area contributed by atoms with E-state index in [1.165, 1.54) is 11.1 Å². The number of carboxylic acids is 1. The molecule has 0 saturated heterocycles. The van der Waals surface area contributed by atoms with Crippen LogP contribution in [0.3, 0.4) is 0 Å². The molecule has 174 valence electrons. The van der Waals surface area contributed by atoms with E-state index in [-0.39, 0.29) is 31.4 Å². The molecule has 2 amide bonds. The van der Waals surface area contributed by atoms with Crippen molar-refractivity contribution in [2.45, 2.75) is 51.0 Å². The molecule has 33 heavy (non-hydrogen) atoms. The van der Waals surface area contributed by atoms with Crippen molar-refractivity contribution < 1.29 is 24.2 Å². The van der Waals surface area contributed by atoms with Gasteiger partial charge in [0.05, 0.1) is 11.8 Å². The summed E-state index contributed by atoms with van der Waals surface area (Å²) >= 11 is 0. The van der Waals surface area contributed by atoms with Crippen LogP contribution < -0.4 is 10.6 Å². The Morgan fingerprint density at radius 2 is 1.67 bits per heavy atom. The van der Waals surface area contributed by atoms with Crippen molar-refractivity contribution in [1.82, 2.24) is 10.6 Å². The van der Waals surface area contributed by atoms with Gasteiger partial charge >= 0.3 is 12.1 Å². The van der Waals surface area contributed by atoms with Crippen LogP contribution >= 0.6 is 0 Å². The molecule has 2 aliphatic rings. The lowest BCUT2D eigenvalue weighted by molar-refractivity contribution is -0.139. The molecule has 2 aliphatic carbocycles.